The molecule has 4 heteroatoms. The minimum absolute atomic E-state index is 0.00340. The number of alkyl halides is 1. The Labute approximate surface area is 83.9 Å². The molecule has 68 valence electrons. The van der Waals surface area contributed by atoms with Crippen LogP contribution in [0.15, 0.2) is 23.6 Å². The van der Waals surface area contributed by atoms with Gasteiger partial charge in [0.25, 0.3) is 0 Å². The topological polar surface area (TPSA) is 40.9 Å². The van der Waals surface area contributed by atoms with Crippen LogP contribution in [-0.2, 0) is 4.79 Å². The monoisotopic (exact) mass is 243 g/mol. The van der Waals surface area contributed by atoms with Crippen LogP contribution >= 0.6 is 15.9 Å². The quantitative estimate of drug-likeness (QED) is 0.664. The van der Waals surface area contributed by atoms with Crippen molar-refractivity contribution in [2.75, 3.05) is 0 Å². The highest BCUT2D eigenvalue weighted by molar-refractivity contribution is 9.10. The van der Waals surface area contributed by atoms with Crippen molar-refractivity contribution in [3.63, 3.8) is 0 Å². The number of halogens is 2. The summed E-state index contributed by atoms with van der Waals surface area (Å²) < 4.78 is 12.2. The van der Waals surface area contributed by atoms with Gasteiger partial charge < -0.3 is 0 Å². The van der Waals surface area contributed by atoms with Gasteiger partial charge in [0.2, 0.25) is 0 Å². The van der Waals surface area contributed by atoms with E-state index in [1.54, 1.807) is 6.07 Å². The highest BCUT2D eigenvalue weighted by atomic mass is 79.9. The van der Waals surface area contributed by atoms with Crippen LogP contribution in [0, 0.1) is 11.3 Å². The first kappa shape index (κ1) is 10.1. The summed E-state index contributed by atoms with van der Waals surface area (Å²) in [6, 6.07) is 1.72. The van der Waals surface area contributed by atoms with Crippen LogP contribution in [0.25, 0.3) is 0 Å². The second-order valence-corrected chi connectivity index (χ2v) is 4.27. The summed E-state index contributed by atoms with van der Waals surface area (Å²) in [5, 5.41) is 8.47. The number of ketones is 1. The van der Waals surface area contributed by atoms with Gasteiger partial charge in [-0.25, -0.2) is 4.39 Å². The number of nitrogens with zero attached hydrogens (tertiary/aromatic N) is 1. The first-order valence-electron chi connectivity index (χ1n) is 3.67. The molecule has 0 saturated carbocycles. The molecule has 0 aliphatic heterocycles. The predicted molar refractivity (Wildman–Crippen MR) is 49.8 cm³/mol. The van der Waals surface area contributed by atoms with Crippen molar-refractivity contribution >= 4 is 21.7 Å². The maximum absolute atomic E-state index is 13.1. The van der Waals surface area contributed by atoms with E-state index in [9.17, 15) is 9.18 Å². The summed E-state index contributed by atoms with van der Waals surface area (Å²) in [6.45, 7) is 1.38. The standard InChI is InChI=1S/C9H7BrFNO/c1-6(13)9(10)3-2-7(5-12)8(11)4-9/h2-3H,4H2,1H3. The summed E-state index contributed by atoms with van der Waals surface area (Å²) in [4.78, 5) is 11.1. The molecule has 1 unspecified atom stereocenters. The summed E-state index contributed by atoms with van der Waals surface area (Å²) >= 11 is 3.14. The molecule has 0 heterocycles. The molecule has 1 aliphatic rings. The zero-order chi connectivity index (χ0) is 10.1. The Morgan fingerprint density at radius 1 is 1.85 bits per heavy atom. The van der Waals surface area contributed by atoms with Crippen LogP contribution in [0.2, 0.25) is 0 Å². The minimum atomic E-state index is -0.961. The SMILES string of the molecule is CC(=O)C1(Br)C=CC(C#N)=C(F)C1. The molecule has 0 aromatic carbocycles. The van der Waals surface area contributed by atoms with Gasteiger partial charge in [-0.2, -0.15) is 5.26 Å². The second kappa shape index (κ2) is 3.43. The van der Waals surface area contributed by atoms with Crippen molar-refractivity contribution in [3.8, 4) is 6.07 Å². The van der Waals surface area contributed by atoms with Gasteiger partial charge >= 0.3 is 0 Å². The third-order valence-corrected chi connectivity index (χ3v) is 3.03. The van der Waals surface area contributed by atoms with Gasteiger partial charge in [0, 0.05) is 6.42 Å². The molecule has 0 spiro atoms. The van der Waals surface area contributed by atoms with E-state index in [4.69, 9.17) is 5.26 Å². The van der Waals surface area contributed by atoms with Crippen molar-refractivity contribution in [2.45, 2.75) is 17.7 Å². The molecule has 0 aromatic rings. The first-order chi connectivity index (χ1) is 5.99. The maximum atomic E-state index is 13.1. The smallest absolute Gasteiger partial charge is 0.150 e. The van der Waals surface area contributed by atoms with Crippen molar-refractivity contribution in [3.05, 3.63) is 23.6 Å². The lowest BCUT2D eigenvalue weighted by Crippen LogP contribution is -2.29. The number of nitriles is 1. The van der Waals surface area contributed by atoms with E-state index in [1.165, 1.54) is 19.1 Å². The molecule has 0 bridgehead atoms. The Morgan fingerprint density at radius 3 is 2.85 bits per heavy atom. The molecule has 0 radical (unpaired) electrons. The first-order valence-corrected chi connectivity index (χ1v) is 4.47. The molecule has 1 atom stereocenters. The molecular formula is C9H7BrFNO. The minimum Gasteiger partial charge on any atom is -0.298 e. The molecular weight excluding hydrogens is 237 g/mol. The zero-order valence-electron chi connectivity index (χ0n) is 6.97. The Hall–Kier alpha value is -0.950. The number of rotatable bonds is 1. The van der Waals surface area contributed by atoms with Gasteiger partial charge in [-0.05, 0) is 13.0 Å². The molecule has 1 aliphatic carbocycles. The van der Waals surface area contributed by atoms with Crippen LogP contribution in [-0.4, -0.2) is 10.1 Å². The number of carbonyl (C=O) groups is 1. The van der Waals surface area contributed by atoms with E-state index in [2.05, 4.69) is 15.9 Å². The van der Waals surface area contributed by atoms with E-state index < -0.39 is 10.2 Å². The van der Waals surface area contributed by atoms with Crippen LogP contribution in [0.3, 0.4) is 0 Å². The lowest BCUT2D eigenvalue weighted by molar-refractivity contribution is -0.118. The van der Waals surface area contributed by atoms with Gasteiger partial charge in [0.15, 0.2) is 5.78 Å². The summed E-state index contributed by atoms with van der Waals surface area (Å²) in [7, 11) is 0. The van der Waals surface area contributed by atoms with E-state index in [0.29, 0.717) is 0 Å². The fourth-order valence-corrected chi connectivity index (χ4v) is 1.40. The molecule has 0 amide bonds. The Bertz CT molecular complexity index is 353. The normalized spacial score (nSPS) is 27.2. The fourth-order valence-electron chi connectivity index (χ4n) is 1.03. The molecule has 0 saturated heterocycles. The Morgan fingerprint density at radius 2 is 2.46 bits per heavy atom. The average Bonchev–Trinajstić information content (AvgIpc) is 2.04. The van der Waals surface area contributed by atoms with Crippen LogP contribution in [0.1, 0.15) is 13.3 Å². The van der Waals surface area contributed by atoms with E-state index >= 15 is 0 Å². The molecule has 13 heavy (non-hydrogen) atoms. The van der Waals surface area contributed by atoms with Crippen LogP contribution < -0.4 is 0 Å². The van der Waals surface area contributed by atoms with Gasteiger partial charge in [0.1, 0.15) is 16.2 Å². The number of hydrogen-bond donors (Lipinski definition) is 0. The third kappa shape index (κ3) is 1.86. The molecule has 0 aromatic heterocycles. The van der Waals surface area contributed by atoms with Gasteiger partial charge in [-0.15, -0.1) is 0 Å². The lowest BCUT2D eigenvalue weighted by atomic mass is 9.93. The zero-order valence-corrected chi connectivity index (χ0v) is 8.56. The summed E-state index contributed by atoms with van der Waals surface area (Å²) in [6.07, 6.45) is 2.76. The fraction of sp³-hybridized carbons (Fsp3) is 0.333. The number of carbonyl (C=O) groups excluding carboxylic acids is 1. The molecule has 0 fully saturated rings. The molecule has 0 N–H and O–H groups in total. The molecule has 2 nitrogen and oxygen atoms in total. The van der Waals surface area contributed by atoms with E-state index in [1.807, 2.05) is 0 Å². The van der Waals surface area contributed by atoms with Crippen molar-refractivity contribution in [1.29, 1.82) is 5.26 Å². The van der Waals surface area contributed by atoms with E-state index in [0.717, 1.165) is 0 Å². The largest absolute Gasteiger partial charge is 0.298 e. The number of Topliss-reactive ketones (excluding diaryl/α,β-unsaturated/α-hetero) is 1. The molecule has 1 rings (SSSR count). The highest BCUT2D eigenvalue weighted by Crippen LogP contribution is 2.35. The van der Waals surface area contributed by atoms with Gasteiger partial charge in [-0.3, -0.25) is 4.79 Å². The number of hydrogen-bond acceptors (Lipinski definition) is 2. The van der Waals surface area contributed by atoms with Crippen LogP contribution in [0.4, 0.5) is 4.39 Å². The maximum Gasteiger partial charge on any atom is 0.150 e. The summed E-state index contributed by atoms with van der Waals surface area (Å²) in [5.41, 5.74) is -0.00340. The van der Waals surface area contributed by atoms with Crippen molar-refractivity contribution in [2.24, 2.45) is 0 Å². The Kier molecular flexibility index (Phi) is 2.67. The lowest BCUT2D eigenvalue weighted by Gasteiger charge is -2.22. The van der Waals surface area contributed by atoms with Crippen molar-refractivity contribution < 1.29 is 9.18 Å². The van der Waals surface area contributed by atoms with Gasteiger partial charge in [0.05, 0.1) is 5.57 Å². The predicted octanol–water partition coefficient (Wildman–Crippen LogP) is 2.42. The second-order valence-electron chi connectivity index (χ2n) is 2.86. The Balaban J connectivity index is 3.01. The van der Waals surface area contributed by atoms with Crippen LogP contribution in [0.5, 0.6) is 0 Å². The van der Waals surface area contributed by atoms with E-state index in [-0.39, 0.29) is 17.8 Å². The highest BCUT2D eigenvalue weighted by Gasteiger charge is 2.34. The number of allylic oxidation sites excluding steroid dienone is 4. The van der Waals surface area contributed by atoms with Crippen molar-refractivity contribution in [1.82, 2.24) is 0 Å². The average molecular weight is 244 g/mol. The van der Waals surface area contributed by atoms with Gasteiger partial charge in [-0.1, -0.05) is 22.0 Å². The third-order valence-electron chi connectivity index (χ3n) is 1.92. The summed E-state index contributed by atoms with van der Waals surface area (Å²) in [5.74, 6) is -0.715.